The molecule has 0 amide bonds. The fourth-order valence-electron chi connectivity index (χ4n) is 5.87. The summed E-state index contributed by atoms with van der Waals surface area (Å²) in [5.74, 6) is 1.10. The highest BCUT2D eigenvalue weighted by molar-refractivity contribution is 8.18. The number of hydrogen-bond acceptors (Lipinski definition) is 8. The van der Waals surface area contributed by atoms with Crippen molar-refractivity contribution in [1.29, 1.82) is 0 Å². The molecule has 2 N–H and O–H groups in total. The summed E-state index contributed by atoms with van der Waals surface area (Å²) in [6.07, 6.45) is 4.37. The van der Waals surface area contributed by atoms with Gasteiger partial charge in [0.1, 0.15) is 15.6 Å². The molecule has 35 heavy (non-hydrogen) atoms. The number of aromatic hydroxyl groups is 1. The van der Waals surface area contributed by atoms with E-state index in [1.165, 1.54) is 11.8 Å². The number of likely N-dealkylation sites (tertiary alicyclic amines) is 1. The van der Waals surface area contributed by atoms with Crippen LogP contribution in [0.4, 0.5) is 5.69 Å². The summed E-state index contributed by atoms with van der Waals surface area (Å²) in [4.78, 5) is 4.49. The summed E-state index contributed by atoms with van der Waals surface area (Å²) in [6, 6.07) is 8.09. The minimum atomic E-state index is -3.28. The summed E-state index contributed by atoms with van der Waals surface area (Å²) in [6.45, 7) is 9.13. The van der Waals surface area contributed by atoms with Gasteiger partial charge in [-0.2, -0.15) is 4.31 Å². The van der Waals surface area contributed by atoms with Gasteiger partial charge >= 0.3 is 0 Å². The topological polar surface area (TPSA) is 93.5 Å². The number of ether oxygens (including phenoxy) is 1. The van der Waals surface area contributed by atoms with Gasteiger partial charge in [0.2, 0.25) is 10.0 Å². The van der Waals surface area contributed by atoms with Gasteiger partial charge in [-0.05, 0) is 51.1 Å². The predicted molar refractivity (Wildman–Crippen MR) is 141 cm³/mol. The SMILES string of the molecule is CC.CN1C2COC23CC(C)(O)CC13.O=S(=O)(C1=CCCS1)N1CCN(c2ccc(O)cc2)CC1. The van der Waals surface area contributed by atoms with E-state index >= 15 is 0 Å². The van der Waals surface area contributed by atoms with Crippen LogP contribution in [0.2, 0.25) is 0 Å². The van der Waals surface area contributed by atoms with Crippen molar-refractivity contribution in [3.05, 3.63) is 34.6 Å². The molecule has 10 heteroatoms. The van der Waals surface area contributed by atoms with Crippen molar-refractivity contribution in [3.63, 3.8) is 0 Å². The van der Waals surface area contributed by atoms with Gasteiger partial charge in [-0.1, -0.05) is 19.9 Å². The lowest BCUT2D eigenvalue weighted by Gasteiger charge is -2.66. The van der Waals surface area contributed by atoms with Crippen LogP contribution in [0.1, 0.15) is 40.0 Å². The monoisotopic (exact) mass is 525 g/mol. The zero-order chi connectivity index (χ0) is 25.4. The van der Waals surface area contributed by atoms with Crippen molar-refractivity contribution in [2.75, 3.05) is 50.5 Å². The number of piperazine rings is 1. The van der Waals surface area contributed by atoms with Gasteiger partial charge in [0, 0.05) is 50.1 Å². The average molecular weight is 526 g/mol. The molecule has 5 aliphatic rings. The molecule has 1 aliphatic carbocycles. The smallest absolute Gasteiger partial charge is 0.248 e. The van der Waals surface area contributed by atoms with Gasteiger partial charge in [-0.3, -0.25) is 4.90 Å². The summed E-state index contributed by atoms with van der Waals surface area (Å²) in [5.41, 5.74) is 0.575. The highest BCUT2D eigenvalue weighted by Gasteiger charge is 2.72. The van der Waals surface area contributed by atoms with E-state index in [2.05, 4.69) is 16.8 Å². The van der Waals surface area contributed by atoms with Crippen LogP contribution in [-0.4, -0.2) is 96.7 Å². The fourth-order valence-corrected chi connectivity index (χ4v) is 8.93. The van der Waals surface area contributed by atoms with Gasteiger partial charge in [0.25, 0.3) is 0 Å². The number of allylic oxidation sites excluding steroid dienone is 1. The van der Waals surface area contributed by atoms with E-state index in [-0.39, 0.29) is 11.4 Å². The number of phenols is 1. The Morgan fingerprint density at radius 2 is 1.74 bits per heavy atom. The number of anilines is 1. The van der Waals surface area contributed by atoms with Crippen LogP contribution in [0.25, 0.3) is 0 Å². The zero-order valence-electron chi connectivity index (χ0n) is 21.2. The third-order valence-electron chi connectivity index (χ3n) is 7.63. The Bertz CT molecular complexity index is 1020. The van der Waals surface area contributed by atoms with Gasteiger partial charge < -0.3 is 19.8 Å². The predicted octanol–water partition coefficient (Wildman–Crippen LogP) is 2.83. The zero-order valence-corrected chi connectivity index (χ0v) is 22.8. The highest BCUT2D eigenvalue weighted by atomic mass is 32.3. The Balaban J connectivity index is 0.000000173. The Morgan fingerprint density at radius 1 is 1.09 bits per heavy atom. The molecule has 1 aromatic rings. The van der Waals surface area contributed by atoms with E-state index in [1.54, 1.807) is 16.4 Å². The lowest BCUT2D eigenvalue weighted by atomic mass is 9.73. The largest absolute Gasteiger partial charge is 0.508 e. The molecule has 3 saturated heterocycles. The van der Waals surface area contributed by atoms with Crippen molar-refractivity contribution in [2.24, 2.45) is 0 Å². The maximum atomic E-state index is 12.5. The number of hydrogen-bond donors (Lipinski definition) is 2. The second-order valence-electron chi connectivity index (χ2n) is 9.91. The lowest BCUT2D eigenvalue weighted by Crippen LogP contribution is -2.82. The molecule has 4 unspecified atom stereocenters. The maximum absolute atomic E-state index is 12.5. The van der Waals surface area contributed by atoms with Gasteiger partial charge in [-0.25, -0.2) is 8.42 Å². The number of likely N-dealkylation sites (N-methyl/N-ethyl adjacent to an activating group) is 1. The number of nitrogens with zero attached hydrogens (tertiary/aromatic N) is 3. The van der Waals surface area contributed by atoms with Crippen molar-refractivity contribution in [1.82, 2.24) is 9.21 Å². The standard InChI is InChI=1S/C14H18N2O3S2.C9H15NO2.C2H6/c17-13-5-3-12(4-6-13)15-7-9-16(10-8-15)21(18,19)14-2-1-11-20-14;1-8(11)3-6-9(5-8)7(4-12-9)10(6)2;1-2/h2-6,17H,1,7-11H2;6-7,11H,3-5H2,1-2H3;1-2H3. The maximum Gasteiger partial charge on any atom is 0.248 e. The van der Waals surface area contributed by atoms with E-state index in [0.29, 0.717) is 42.5 Å². The number of thioether (sulfide) groups is 1. The first-order valence-electron chi connectivity index (χ1n) is 12.6. The average Bonchev–Trinajstić information content (AvgIpc) is 3.48. The molecule has 1 saturated carbocycles. The quantitative estimate of drug-likeness (QED) is 0.622. The molecule has 196 valence electrons. The van der Waals surface area contributed by atoms with Crippen molar-refractivity contribution in [2.45, 2.75) is 63.3 Å². The lowest BCUT2D eigenvalue weighted by molar-refractivity contribution is -0.308. The first-order valence-corrected chi connectivity index (χ1v) is 15.0. The molecule has 4 aliphatic heterocycles. The van der Waals surface area contributed by atoms with E-state index in [1.807, 2.05) is 39.0 Å². The number of morpholine rings is 1. The molecular formula is C25H39N3O5S2. The Hall–Kier alpha value is -1.30. The Morgan fingerprint density at radius 3 is 2.26 bits per heavy atom. The highest BCUT2D eigenvalue weighted by Crippen LogP contribution is 2.57. The number of rotatable bonds is 3. The van der Waals surface area contributed by atoms with Crippen molar-refractivity contribution >= 4 is 27.5 Å². The minimum absolute atomic E-state index is 0.0538. The molecule has 8 nitrogen and oxygen atoms in total. The third kappa shape index (κ3) is 4.98. The number of aliphatic hydroxyl groups is 1. The van der Waals surface area contributed by atoms with Crippen LogP contribution in [0.15, 0.2) is 34.6 Å². The van der Waals surface area contributed by atoms with Gasteiger partial charge in [-0.15, -0.1) is 11.8 Å². The molecular weight excluding hydrogens is 486 g/mol. The summed E-state index contributed by atoms with van der Waals surface area (Å²) >= 11 is 1.43. The molecule has 4 atom stereocenters. The van der Waals surface area contributed by atoms with E-state index in [4.69, 9.17) is 4.74 Å². The fraction of sp³-hybridized carbons (Fsp3) is 0.680. The third-order valence-corrected chi connectivity index (χ3v) is 11.2. The van der Waals surface area contributed by atoms with Crippen LogP contribution in [0.3, 0.4) is 0 Å². The van der Waals surface area contributed by atoms with Crippen LogP contribution < -0.4 is 4.90 Å². The molecule has 0 bridgehead atoms. The molecule has 0 radical (unpaired) electrons. The van der Waals surface area contributed by atoms with Gasteiger partial charge in [0.05, 0.1) is 18.2 Å². The molecule has 4 heterocycles. The van der Waals surface area contributed by atoms with Crippen LogP contribution >= 0.6 is 11.8 Å². The summed E-state index contributed by atoms with van der Waals surface area (Å²) in [5, 5.41) is 19.2. The van der Waals surface area contributed by atoms with E-state index in [9.17, 15) is 18.6 Å². The van der Waals surface area contributed by atoms with Crippen LogP contribution in [0.5, 0.6) is 5.75 Å². The summed E-state index contributed by atoms with van der Waals surface area (Å²) < 4.78 is 32.7. The normalized spacial score (nSPS) is 34.2. The Labute approximate surface area is 214 Å². The van der Waals surface area contributed by atoms with Crippen molar-refractivity contribution in [3.8, 4) is 5.75 Å². The molecule has 1 aromatic carbocycles. The first kappa shape index (κ1) is 26.8. The molecule has 6 rings (SSSR count). The Kier molecular flexibility index (Phi) is 7.81. The molecule has 4 fully saturated rings. The van der Waals surface area contributed by atoms with E-state index < -0.39 is 15.6 Å². The molecule has 0 aromatic heterocycles. The first-order chi connectivity index (χ1) is 16.6. The second kappa shape index (κ2) is 10.2. The van der Waals surface area contributed by atoms with Crippen LogP contribution in [-0.2, 0) is 14.8 Å². The number of phenolic OH excluding ortho intramolecular Hbond substituents is 1. The number of benzene rings is 1. The van der Waals surface area contributed by atoms with Crippen molar-refractivity contribution < 1.29 is 23.4 Å². The van der Waals surface area contributed by atoms with Crippen LogP contribution in [0, 0.1) is 0 Å². The second-order valence-corrected chi connectivity index (χ2v) is 13.2. The summed E-state index contributed by atoms with van der Waals surface area (Å²) in [7, 11) is -1.15. The number of sulfonamides is 1. The molecule has 1 spiro atoms. The van der Waals surface area contributed by atoms with Gasteiger partial charge in [0.15, 0.2) is 0 Å². The van der Waals surface area contributed by atoms with E-state index in [0.717, 1.165) is 37.3 Å². The minimum Gasteiger partial charge on any atom is -0.508 e.